The molecule has 0 fully saturated rings. The van der Waals surface area contributed by atoms with Crippen molar-refractivity contribution >= 4 is 5.78 Å². The van der Waals surface area contributed by atoms with Crippen molar-refractivity contribution in [3.8, 4) is 0 Å². The van der Waals surface area contributed by atoms with Crippen LogP contribution in [0.2, 0.25) is 0 Å². The largest absolute Gasteiger partial charge is 0.377 e. The SMILES string of the molecule is CCOCC1=CCC(=O)CC1. The van der Waals surface area contributed by atoms with Crippen LogP contribution in [0.4, 0.5) is 0 Å². The average molecular weight is 154 g/mol. The van der Waals surface area contributed by atoms with E-state index in [1.807, 2.05) is 13.0 Å². The smallest absolute Gasteiger partial charge is 0.136 e. The van der Waals surface area contributed by atoms with E-state index in [4.69, 9.17) is 4.74 Å². The molecule has 0 aromatic rings. The van der Waals surface area contributed by atoms with Crippen molar-refractivity contribution < 1.29 is 9.53 Å². The lowest BCUT2D eigenvalue weighted by molar-refractivity contribution is -0.118. The van der Waals surface area contributed by atoms with Crippen LogP contribution in [0.25, 0.3) is 0 Å². The first-order valence-electron chi connectivity index (χ1n) is 4.10. The number of carbonyl (C=O) groups excluding carboxylic acids is 1. The Labute approximate surface area is 67.2 Å². The minimum absolute atomic E-state index is 0.352. The van der Waals surface area contributed by atoms with Gasteiger partial charge in [0.1, 0.15) is 5.78 Å². The second-order valence-electron chi connectivity index (χ2n) is 2.74. The molecule has 1 rings (SSSR count). The number of ether oxygens (including phenoxy) is 1. The van der Waals surface area contributed by atoms with Crippen LogP contribution < -0.4 is 0 Å². The molecule has 0 unspecified atom stereocenters. The maximum atomic E-state index is 10.8. The molecule has 0 aliphatic heterocycles. The fourth-order valence-electron chi connectivity index (χ4n) is 1.13. The van der Waals surface area contributed by atoms with Gasteiger partial charge < -0.3 is 4.74 Å². The lowest BCUT2D eigenvalue weighted by Gasteiger charge is -2.11. The molecule has 0 spiro atoms. The molecule has 11 heavy (non-hydrogen) atoms. The maximum absolute atomic E-state index is 10.8. The van der Waals surface area contributed by atoms with Crippen molar-refractivity contribution in [1.82, 2.24) is 0 Å². The molecular weight excluding hydrogens is 140 g/mol. The molecular formula is C9H14O2. The van der Waals surface area contributed by atoms with Gasteiger partial charge in [-0.05, 0) is 18.9 Å². The van der Waals surface area contributed by atoms with Crippen LogP contribution in [0.15, 0.2) is 11.6 Å². The molecule has 62 valence electrons. The van der Waals surface area contributed by atoms with Crippen molar-refractivity contribution in [2.45, 2.75) is 26.2 Å². The first kappa shape index (κ1) is 8.47. The highest BCUT2D eigenvalue weighted by Gasteiger charge is 2.09. The van der Waals surface area contributed by atoms with Crippen molar-refractivity contribution in [2.24, 2.45) is 0 Å². The normalized spacial score (nSPS) is 18.3. The van der Waals surface area contributed by atoms with Crippen LogP contribution in [0.5, 0.6) is 0 Å². The standard InChI is InChI=1S/C9H14O2/c1-2-11-7-8-3-5-9(10)6-4-8/h3H,2,4-7H2,1H3. The van der Waals surface area contributed by atoms with Crippen LogP contribution in [0.1, 0.15) is 26.2 Å². The summed E-state index contributed by atoms with van der Waals surface area (Å²) in [6.45, 7) is 3.45. The molecule has 0 aromatic heterocycles. The summed E-state index contributed by atoms with van der Waals surface area (Å²) in [4.78, 5) is 10.8. The zero-order valence-corrected chi connectivity index (χ0v) is 6.93. The van der Waals surface area contributed by atoms with E-state index in [1.165, 1.54) is 5.57 Å². The van der Waals surface area contributed by atoms with Crippen molar-refractivity contribution in [3.63, 3.8) is 0 Å². The minimum atomic E-state index is 0.352. The number of carbonyl (C=O) groups is 1. The van der Waals surface area contributed by atoms with Crippen molar-refractivity contribution in [1.29, 1.82) is 0 Å². The Balaban J connectivity index is 2.29. The van der Waals surface area contributed by atoms with Gasteiger partial charge in [-0.15, -0.1) is 0 Å². The monoisotopic (exact) mass is 154 g/mol. The average Bonchev–Trinajstić information content (AvgIpc) is 2.04. The predicted molar refractivity (Wildman–Crippen MR) is 43.4 cm³/mol. The molecule has 2 nitrogen and oxygen atoms in total. The Hall–Kier alpha value is -0.630. The predicted octanol–water partition coefficient (Wildman–Crippen LogP) is 1.70. The molecule has 1 aliphatic carbocycles. The van der Waals surface area contributed by atoms with Gasteiger partial charge in [-0.2, -0.15) is 0 Å². The van der Waals surface area contributed by atoms with E-state index in [1.54, 1.807) is 0 Å². The van der Waals surface area contributed by atoms with Gasteiger partial charge in [0, 0.05) is 19.4 Å². The highest BCUT2D eigenvalue weighted by Crippen LogP contribution is 2.14. The Kier molecular flexibility index (Phi) is 3.30. The topological polar surface area (TPSA) is 26.3 Å². The van der Waals surface area contributed by atoms with Crippen LogP contribution in [-0.2, 0) is 9.53 Å². The molecule has 0 saturated heterocycles. The molecule has 0 radical (unpaired) electrons. The highest BCUT2D eigenvalue weighted by atomic mass is 16.5. The van der Waals surface area contributed by atoms with Crippen LogP contribution in [0.3, 0.4) is 0 Å². The van der Waals surface area contributed by atoms with Crippen LogP contribution in [-0.4, -0.2) is 19.0 Å². The summed E-state index contributed by atoms with van der Waals surface area (Å²) in [5.74, 6) is 0.352. The van der Waals surface area contributed by atoms with Gasteiger partial charge in [-0.3, -0.25) is 4.79 Å². The minimum Gasteiger partial charge on any atom is -0.377 e. The third kappa shape index (κ3) is 2.85. The zero-order chi connectivity index (χ0) is 8.10. The third-order valence-electron chi connectivity index (χ3n) is 1.83. The van der Waals surface area contributed by atoms with Gasteiger partial charge in [0.15, 0.2) is 0 Å². The molecule has 0 bridgehead atoms. The first-order chi connectivity index (χ1) is 5.33. The first-order valence-corrected chi connectivity index (χ1v) is 4.10. The summed E-state index contributed by atoms with van der Waals surface area (Å²) < 4.78 is 5.23. The summed E-state index contributed by atoms with van der Waals surface area (Å²) in [5.41, 5.74) is 1.28. The second-order valence-corrected chi connectivity index (χ2v) is 2.74. The van der Waals surface area contributed by atoms with E-state index < -0.39 is 0 Å². The van der Waals surface area contributed by atoms with E-state index in [9.17, 15) is 4.79 Å². The Morgan fingerprint density at radius 2 is 2.36 bits per heavy atom. The van der Waals surface area contributed by atoms with Crippen LogP contribution in [0, 0.1) is 0 Å². The lowest BCUT2D eigenvalue weighted by Crippen LogP contribution is -2.07. The summed E-state index contributed by atoms with van der Waals surface area (Å²) in [7, 11) is 0. The fraction of sp³-hybridized carbons (Fsp3) is 0.667. The van der Waals surface area contributed by atoms with E-state index in [-0.39, 0.29) is 0 Å². The number of allylic oxidation sites excluding steroid dienone is 1. The number of hydrogen-bond donors (Lipinski definition) is 0. The van der Waals surface area contributed by atoms with E-state index in [0.717, 1.165) is 13.0 Å². The molecule has 1 aliphatic rings. The van der Waals surface area contributed by atoms with Gasteiger partial charge in [0.2, 0.25) is 0 Å². The molecule has 0 N–H and O–H groups in total. The van der Waals surface area contributed by atoms with Gasteiger partial charge in [0.05, 0.1) is 6.61 Å². The number of Topliss-reactive ketones (excluding diaryl/α,β-unsaturated/α-hetero) is 1. The molecule has 0 saturated carbocycles. The third-order valence-corrected chi connectivity index (χ3v) is 1.83. The molecule has 0 amide bonds. The fourth-order valence-corrected chi connectivity index (χ4v) is 1.13. The summed E-state index contributed by atoms with van der Waals surface area (Å²) in [6, 6.07) is 0. The molecule has 0 aromatic carbocycles. The zero-order valence-electron chi connectivity index (χ0n) is 6.93. The van der Waals surface area contributed by atoms with Gasteiger partial charge in [0.25, 0.3) is 0 Å². The van der Waals surface area contributed by atoms with Crippen molar-refractivity contribution in [3.05, 3.63) is 11.6 Å². The van der Waals surface area contributed by atoms with Gasteiger partial charge in [-0.1, -0.05) is 6.08 Å². The summed E-state index contributed by atoms with van der Waals surface area (Å²) in [5, 5.41) is 0. The summed E-state index contributed by atoms with van der Waals surface area (Å²) >= 11 is 0. The quantitative estimate of drug-likeness (QED) is 0.578. The number of rotatable bonds is 3. The summed E-state index contributed by atoms with van der Waals surface area (Å²) in [6.07, 6.45) is 4.22. The number of hydrogen-bond acceptors (Lipinski definition) is 2. The maximum Gasteiger partial charge on any atom is 0.136 e. The van der Waals surface area contributed by atoms with Gasteiger partial charge in [-0.25, -0.2) is 0 Å². The van der Waals surface area contributed by atoms with E-state index in [0.29, 0.717) is 25.2 Å². The Morgan fingerprint density at radius 1 is 1.55 bits per heavy atom. The van der Waals surface area contributed by atoms with E-state index in [2.05, 4.69) is 0 Å². The Bertz CT molecular complexity index is 170. The van der Waals surface area contributed by atoms with Crippen LogP contribution >= 0.6 is 0 Å². The highest BCUT2D eigenvalue weighted by molar-refractivity contribution is 5.81. The lowest BCUT2D eigenvalue weighted by atomic mass is 9.99. The molecule has 0 heterocycles. The molecule has 0 atom stereocenters. The van der Waals surface area contributed by atoms with Gasteiger partial charge >= 0.3 is 0 Å². The van der Waals surface area contributed by atoms with E-state index >= 15 is 0 Å². The second kappa shape index (κ2) is 4.29. The molecule has 2 heteroatoms. The Morgan fingerprint density at radius 3 is 2.91 bits per heavy atom. The number of ketones is 1. The van der Waals surface area contributed by atoms with Crippen molar-refractivity contribution in [2.75, 3.05) is 13.2 Å².